The van der Waals surface area contributed by atoms with Gasteiger partial charge in [-0.1, -0.05) is 0 Å². The normalized spacial score (nSPS) is 11.2. The number of alkyl halides is 3. The van der Waals surface area contributed by atoms with E-state index in [9.17, 15) is 32.0 Å². The van der Waals surface area contributed by atoms with Crippen molar-refractivity contribution in [3.8, 4) is 11.6 Å². The zero-order chi connectivity index (χ0) is 21.2. The highest BCUT2D eigenvalue weighted by Gasteiger charge is 2.35. The van der Waals surface area contributed by atoms with Crippen LogP contribution in [0.15, 0.2) is 48.8 Å². The summed E-state index contributed by atoms with van der Waals surface area (Å²) in [6, 6.07) is 5.14. The second kappa shape index (κ2) is 7.66. The lowest BCUT2D eigenvalue weighted by atomic mass is 10.2. The quantitative estimate of drug-likeness (QED) is 0.403. The van der Waals surface area contributed by atoms with Crippen molar-refractivity contribution >= 4 is 11.6 Å². The molecular formula is C17H9F5N4O3. The second-order valence-electron chi connectivity index (χ2n) is 5.53. The Bertz CT molecular complexity index is 1080. The molecule has 0 bridgehead atoms. The van der Waals surface area contributed by atoms with Crippen LogP contribution in [0, 0.1) is 16.8 Å². The van der Waals surface area contributed by atoms with Crippen molar-refractivity contribution in [1.82, 2.24) is 10.2 Å². The number of hydrogen-bond acceptors (Lipinski definition) is 5. The molecule has 2 heterocycles. The highest BCUT2D eigenvalue weighted by Crippen LogP contribution is 2.32. The molecule has 0 unspecified atom stereocenters. The number of nitrogens with zero attached hydrogens (tertiary/aromatic N) is 3. The van der Waals surface area contributed by atoms with E-state index in [2.05, 4.69) is 15.5 Å². The fourth-order valence-corrected chi connectivity index (χ4v) is 2.15. The summed E-state index contributed by atoms with van der Waals surface area (Å²) in [5.74, 6) is -4.57. The van der Waals surface area contributed by atoms with Crippen LogP contribution < -0.4 is 14.8 Å². The topological polar surface area (TPSA) is 91.1 Å². The first kappa shape index (κ1) is 19.9. The van der Waals surface area contributed by atoms with Crippen LogP contribution in [-0.2, 0) is 6.18 Å². The molecule has 0 atom stereocenters. The number of aromatic nitrogens is 3. The molecule has 1 aromatic carbocycles. The smallest absolute Gasteiger partial charge is 0.435 e. The maximum absolute atomic E-state index is 13.8. The number of hydrogen-bond donors (Lipinski definition) is 1. The van der Waals surface area contributed by atoms with Gasteiger partial charge in [-0.15, -0.1) is 10.2 Å². The zero-order valence-corrected chi connectivity index (χ0v) is 14.1. The number of amides is 1. The SMILES string of the molecule is O=C(Nc1ccc[n+]([O-])c1)c1cc(C(F)(F)F)nnc1Oc1ccc(F)cc1F. The Morgan fingerprint density at radius 3 is 2.55 bits per heavy atom. The molecule has 12 heteroatoms. The van der Waals surface area contributed by atoms with E-state index in [0.29, 0.717) is 16.9 Å². The molecule has 150 valence electrons. The minimum absolute atomic E-state index is 0.0308. The lowest BCUT2D eigenvalue weighted by Crippen LogP contribution is -2.26. The number of benzene rings is 1. The Morgan fingerprint density at radius 2 is 1.90 bits per heavy atom. The van der Waals surface area contributed by atoms with Gasteiger partial charge in [0.1, 0.15) is 17.1 Å². The van der Waals surface area contributed by atoms with E-state index in [4.69, 9.17) is 4.74 Å². The Balaban J connectivity index is 2.00. The number of ether oxygens (including phenoxy) is 1. The number of anilines is 1. The molecule has 3 aromatic rings. The summed E-state index contributed by atoms with van der Waals surface area (Å²) in [4.78, 5) is 12.5. The molecule has 1 amide bonds. The molecule has 0 saturated carbocycles. The largest absolute Gasteiger partial charge is 0.619 e. The third kappa shape index (κ3) is 4.72. The van der Waals surface area contributed by atoms with Crippen molar-refractivity contribution < 1.29 is 36.2 Å². The first-order valence-electron chi connectivity index (χ1n) is 7.71. The van der Waals surface area contributed by atoms with E-state index in [1.165, 1.54) is 12.1 Å². The molecule has 0 spiro atoms. The Morgan fingerprint density at radius 1 is 1.14 bits per heavy atom. The summed E-state index contributed by atoms with van der Waals surface area (Å²) in [6.07, 6.45) is -2.85. The van der Waals surface area contributed by atoms with Crippen LogP contribution in [0.3, 0.4) is 0 Å². The molecule has 0 aliphatic heterocycles. The molecule has 7 nitrogen and oxygen atoms in total. The lowest BCUT2D eigenvalue weighted by Gasteiger charge is -2.12. The summed E-state index contributed by atoms with van der Waals surface area (Å²) in [5, 5.41) is 19.6. The molecule has 0 saturated heterocycles. The maximum atomic E-state index is 13.8. The van der Waals surface area contributed by atoms with Gasteiger partial charge in [-0.2, -0.15) is 17.9 Å². The second-order valence-corrected chi connectivity index (χ2v) is 5.53. The van der Waals surface area contributed by atoms with Crippen LogP contribution in [0.4, 0.5) is 27.6 Å². The van der Waals surface area contributed by atoms with Gasteiger partial charge in [0, 0.05) is 12.1 Å². The molecular weight excluding hydrogens is 403 g/mol. The first-order chi connectivity index (χ1) is 13.6. The molecule has 0 radical (unpaired) electrons. The van der Waals surface area contributed by atoms with Gasteiger partial charge in [-0.3, -0.25) is 4.79 Å². The molecule has 0 aliphatic carbocycles. The standard InChI is InChI=1S/C17H9F5N4O3/c18-9-3-4-13(12(19)6-9)29-16-11(7-14(24-25-16)17(20,21)22)15(27)23-10-2-1-5-26(28)8-10/h1-8H,(H,23,27). The number of nitrogens with one attached hydrogen (secondary N) is 1. The first-order valence-corrected chi connectivity index (χ1v) is 7.71. The molecule has 1 N–H and O–H groups in total. The molecule has 2 aromatic heterocycles. The van der Waals surface area contributed by atoms with Crippen molar-refractivity contribution in [3.05, 3.63) is 76.9 Å². The summed E-state index contributed by atoms with van der Waals surface area (Å²) >= 11 is 0. The summed E-state index contributed by atoms with van der Waals surface area (Å²) in [6.45, 7) is 0. The van der Waals surface area contributed by atoms with Crippen LogP contribution >= 0.6 is 0 Å². The minimum atomic E-state index is -4.92. The van der Waals surface area contributed by atoms with Gasteiger partial charge in [-0.05, 0) is 24.3 Å². The van der Waals surface area contributed by atoms with Gasteiger partial charge in [0.2, 0.25) is 6.20 Å². The molecule has 0 aliphatic rings. The van der Waals surface area contributed by atoms with E-state index < -0.39 is 46.6 Å². The fraction of sp³-hybridized carbons (Fsp3) is 0.0588. The van der Waals surface area contributed by atoms with Crippen LogP contribution in [0.5, 0.6) is 11.6 Å². The van der Waals surface area contributed by atoms with Crippen LogP contribution in [0.2, 0.25) is 0 Å². The number of halogens is 5. The summed E-state index contributed by atoms with van der Waals surface area (Å²) in [7, 11) is 0. The Hall–Kier alpha value is -3.83. The lowest BCUT2D eigenvalue weighted by molar-refractivity contribution is -0.604. The summed E-state index contributed by atoms with van der Waals surface area (Å²) < 4.78 is 71.1. The molecule has 3 rings (SSSR count). The third-order valence-corrected chi connectivity index (χ3v) is 3.43. The number of pyridine rings is 1. The Labute approximate surface area is 159 Å². The average Bonchev–Trinajstić information content (AvgIpc) is 2.63. The van der Waals surface area contributed by atoms with Crippen LogP contribution in [0.1, 0.15) is 16.1 Å². The van der Waals surface area contributed by atoms with Crippen molar-refractivity contribution in [2.45, 2.75) is 6.18 Å². The fourth-order valence-electron chi connectivity index (χ4n) is 2.15. The predicted molar refractivity (Wildman–Crippen MR) is 86.8 cm³/mol. The average molecular weight is 412 g/mol. The van der Waals surface area contributed by atoms with Gasteiger partial charge < -0.3 is 15.3 Å². The van der Waals surface area contributed by atoms with Crippen LogP contribution in [-0.4, -0.2) is 16.1 Å². The molecule has 29 heavy (non-hydrogen) atoms. The van der Waals surface area contributed by atoms with E-state index in [0.717, 1.165) is 24.5 Å². The highest BCUT2D eigenvalue weighted by molar-refractivity contribution is 6.05. The number of carbonyl (C=O) groups excluding carboxylic acids is 1. The zero-order valence-electron chi connectivity index (χ0n) is 14.1. The third-order valence-electron chi connectivity index (χ3n) is 3.43. The molecule has 0 fully saturated rings. The van der Waals surface area contributed by atoms with Gasteiger partial charge >= 0.3 is 6.18 Å². The van der Waals surface area contributed by atoms with Crippen molar-refractivity contribution in [3.63, 3.8) is 0 Å². The maximum Gasteiger partial charge on any atom is 0.435 e. The van der Waals surface area contributed by atoms with Gasteiger partial charge in [-0.25, -0.2) is 8.78 Å². The van der Waals surface area contributed by atoms with Crippen LogP contribution in [0.25, 0.3) is 0 Å². The monoisotopic (exact) mass is 412 g/mol. The minimum Gasteiger partial charge on any atom is -0.619 e. The Kier molecular flexibility index (Phi) is 5.26. The highest BCUT2D eigenvalue weighted by atomic mass is 19.4. The van der Waals surface area contributed by atoms with Crippen molar-refractivity contribution in [2.24, 2.45) is 0 Å². The predicted octanol–water partition coefficient (Wildman–Crippen LogP) is 3.45. The van der Waals surface area contributed by atoms with E-state index >= 15 is 0 Å². The van der Waals surface area contributed by atoms with E-state index in [1.807, 2.05) is 0 Å². The summed E-state index contributed by atoms with van der Waals surface area (Å²) in [5.41, 5.74) is -2.27. The van der Waals surface area contributed by atoms with E-state index in [1.54, 1.807) is 0 Å². The van der Waals surface area contributed by atoms with Crippen molar-refractivity contribution in [2.75, 3.05) is 5.32 Å². The van der Waals surface area contributed by atoms with Crippen molar-refractivity contribution in [1.29, 1.82) is 0 Å². The van der Waals surface area contributed by atoms with Gasteiger partial charge in [0.05, 0.1) is 0 Å². The number of carbonyl (C=O) groups is 1. The van der Waals surface area contributed by atoms with Gasteiger partial charge in [0.25, 0.3) is 11.8 Å². The van der Waals surface area contributed by atoms with Gasteiger partial charge in [0.15, 0.2) is 23.5 Å². The van der Waals surface area contributed by atoms with E-state index in [-0.39, 0.29) is 5.69 Å². The number of rotatable bonds is 4.